The molecule has 0 aliphatic carbocycles. The number of nitrogens with one attached hydrogen (secondary N) is 1. The van der Waals surface area contributed by atoms with Gasteiger partial charge in [-0.05, 0) is 30.3 Å². The van der Waals surface area contributed by atoms with Gasteiger partial charge in [0.1, 0.15) is 0 Å². The molecule has 1 atom stereocenters. The number of nitrogens with zero attached hydrogens (tertiary/aromatic N) is 1. The Morgan fingerprint density at radius 3 is 2.25 bits per heavy atom. The van der Waals surface area contributed by atoms with E-state index in [9.17, 15) is 19.7 Å². The zero-order chi connectivity index (χ0) is 23.3. The maximum atomic E-state index is 13.0. The normalized spacial score (nSPS) is 11.3. The minimum absolute atomic E-state index is 0.0123. The molecule has 3 aromatic carbocycles. The van der Waals surface area contributed by atoms with Crippen molar-refractivity contribution in [1.29, 1.82) is 0 Å². The lowest BCUT2D eigenvalue weighted by Crippen LogP contribution is -2.26. The van der Waals surface area contributed by atoms with E-state index in [0.29, 0.717) is 21.3 Å². The van der Waals surface area contributed by atoms with E-state index >= 15 is 0 Å². The summed E-state index contributed by atoms with van der Waals surface area (Å²) in [4.78, 5) is 36.3. The van der Waals surface area contributed by atoms with Gasteiger partial charge in [-0.25, -0.2) is 4.79 Å². The average Bonchev–Trinajstić information content (AvgIpc) is 2.76. The van der Waals surface area contributed by atoms with Gasteiger partial charge in [-0.15, -0.1) is 0 Å². The number of halogens is 2. The molecular weight excluding hydrogens is 459 g/mol. The minimum atomic E-state index is -1.34. The number of hydrogen-bond donors (Lipinski definition) is 1. The van der Waals surface area contributed by atoms with E-state index in [0.717, 1.165) is 6.07 Å². The second-order valence-corrected chi connectivity index (χ2v) is 7.36. The summed E-state index contributed by atoms with van der Waals surface area (Å²) in [7, 11) is 1.28. The third kappa shape index (κ3) is 5.54. The van der Waals surface area contributed by atoms with Crippen LogP contribution in [0, 0.1) is 10.1 Å². The van der Waals surface area contributed by atoms with Crippen LogP contribution in [0.3, 0.4) is 0 Å². The van der Waals surface area contributed by atoms with Crippen molar-refractivity contribution in [2.75, 3.05) is 12.4 Å². The first-order valence-electron chi connectivity index (χ1n) is 9.14. The highest BCUT2D eigenvalue weighted by atomic mass is 35.5. The van der Waals surface area contributed by atoms with Crippen LogP contribution in [0.2, 0.25) is 10.0 Å². The van der Waals surface area contributed by atoms with Crippen molar-refractivity contribution < 1.29 is 24.0 Å². The highest BCUT2D eigenvalue weighted by Crippen LogP contribution is 2.29. The number of rotatable bonds is 7. The number of anilines is 1. The first-order chi connectivity index (χ1) is 15.3. The number of nitro benzene ring substituents is 1. The fourth-order valence-electron chi connectivity index (χ4n) is 2.87. The number of nitro groups is 1. The molecule has 1 unspecified atom stereocenters. The van der Waals surface area contributed by atoms with Gasteiger partial charge in [-0.2, -0.15) is 0 Å². The minimum Gasteiger partial charge on any atom is -0.490 e. The van der Waals surface area contributed by atoms with E-state index in [1.165, 1.54) is 37.4 Å². The van der Waals surface area contributed by atoms with Crippen LogP contribution in [0.1, 0.15) is 22.0 Å². The van der Waals surface area contributed by atoms with Crippen LogP contribution in [0.15, 0.2) is 66.7 Å². The quantitative estimate of drug-likeness (QED) is 0.277. The molecule has 8 nitrogen and oxygen atoms in total. The van der Waals surface area contributed by atoms with Crippen molar-refractivity contribution in [3.63, 3.8) is 0 Å². The maximum absolute atomic E-state index is 13.0. The number of amides is 1. The molecule has 0 saturated carbocycles. The highest BCUT2D eigenvalue weighted by molar-refractivity contribution is 6.35. The molecule has 10 heteroatoms. The fraction of sp³-hybridized carbons (Fsp3) is 0.0909. The summed E-state index contributed by atoms with van der Waals surface area (Å²) in [6.07, 6.45) is -1.34. The van der Waals surface area contributed by atoms with Gasteiger partial charge in [0.2, 0.25) is 6.10 Å². The van der Waals surface area contributed by atoms with Gasteiger partial charge in [0.25, 0.3) is 5.91 Å². The van der Waals surface area contributed by atoms with E-state index < -0.39 is 28.6 Å². The van der Waals surface area contributed by atoms with E-state index in [1.807, 2.05) is 0 Å². The molecule has 164 valence electrons. The van der Waals surface area contributed by atoms with Gasteiger partial charge in [0, 0.05) is 27.4 Å². The van der Waals surface area contributed by atoms with Gasteiger partial charge in [-0.3, -0.25) is 14.9 Å². The van der Waals surface area contributed by atoms with Crippen molar-refractivity contribution in [2.24, 2.45) is 0 Å². The van der Waals surface area contributed by atoms with Crippen molar-refractivity contribution in [3.05, 3.63) is 98.0 Å². The Hall–Kier alpha value is -3.62. The van der Waals surface area contributed by atoms with Crippen molar-refractivity contribution in [3.8, 4) is 5.75 Å². The van der Waals surface area contributed by atoms with Crippen LogP contribution in [-0.2, 0) is 9.53 Å². The molecule has 0 aliphatic heterocycles. The first-order valence-corrected chi connectivity index (χ1v) is 9.89. The zero-order valence-corrected chi connectivity index (χ0v) is 18.1. The van der Waals surface area contributed by atoms with Gasteiger partial charge >= 0.3 is 11.7 Å². The monoisotopic (exact) mass is 474 g/mol. The van der Waals surface area contributed by atoms with E-state index in [4.69, 9.17) is 32.7 Å². The third-order valence-electron chi connectivity index (χ3n) is 4.31. The van der Waals surface area contributed by atoms with Crippen LogP contribution in [0.4, 0.5) is 11.4 Å². The largest absolute Gasteiger partial charge is 0.490 e. The summed E-state index contributed by atoms with van der Waals surface area (Å²) >= 11 is 11.9. The lowest BCUT2D eigenvalue weighted by Gasteiger charge is -2.18. The Morgan fingerprint density at radius 1 is 1.00 bits per heavy atom. The number of carbonyl (C=O) groups excluding carboxylic acids is 2. The molecule has 0 bridgehead atoms. The number of benzene rings is 3. The van der Waals surface area contributed by atoms with Crippen LogP contribution >= 0.6 is 23.2 Å². The summed E-state index contributed by atoms with van der Waals surface area (Å²) in [6, 6.07) is 16.4. The summed E-state index contributed by atoms with van der Waals surface area (Å²) in [5.41, 5.74) is 0.187. The molecule has 0 saturated heterocycles. The standard InChI is InChI=1S/C22H16Cl2N2O6/c1-31-19-8-7-14(9-18(19)26(29)30)22(28)32-20(13-5-3-2-4-6-13)21(27)25-17-11-15(23)10-16(24)12-17/h2-12,20H,1H3,(H,25,27). The zero-order valence-electron chi connectivity index (χ0n) is 16.6. The summed E-state index contributed by atoms with van der Waals surface area (Å²) < 4.78 is 10.4. The predicted octanol–water partition coefficient (Wildman–Crippen LogP) is 5.45. The maximum Gasteiger partial charge on any atom is 0.339 e. The highest BCUT2D eigenvalue weighted by Gasteiger charge is 2.27. The number of ether oxygens (including phenoxy) is 2. The lowest BCUT2D eigenvalue weighted by atomic mass is 10.1. The molecule has 0 fully saturated rings. The molecule has 3 aromatic rings. The molecule has 1 amide bonds. The fourth-order valence-corrected chi connectivity index (χ4v) is 3.40. The number of hydrogen-bond acceptors (Lipinski definition) is 6. The van der Waals surface area contributed by atoms with Gasteiger partial charge < -0.3 is 14.8 Å². The molecule has 1 N–H and O–H groups in total. The molecule has 0 aromatic heterocycles. The van der Waals surface area contributed by atoms with E-state index in [2.05, 4.69) is 5.32 Å². The topological polar surface area (TPSA) is 108 Å². The lowest BCUT2D eigenvalue weighted by molar-refractivity contribution is -0.385. The summed E-state index contributed by atoms with van der Waals surface area (Å²) in [6.45, 7) is 0. The number of esters is 1. The Kier molecular flexibility index (Phi) is 7.29. The second-order valence-electron chi connectivity index (χ2n) is 6.49. The van der Waals surface area contributed by atoms with Crippen LogP contribution < -0.4 is 10.1 Å². The summed E-state index contributed by atoms with van der Waals surface area (Å²) in [5, 5.41) is 14.5. The number of carbonyl (C=O) groups is 2. The summed E-state index contributed by atoms with van der Waals surface area (Å²) in [5.74, 6) is -1.60. The Morgan fingerprint density at radius 2 is 1.66 bits per heavy atom. The molecular formula is C22H16Cl2N2O6. The van der Waals surface area contributed by atoms with Crippen LogP contribution in [0.5, 0.6) is 5.75 Å². The second kappa shape index (κ2) is 10.1. The van der Waals surface area contributed by atoms with Crippen molar-refractivity contribution >= 4 is 46.5 Å². The molecule has 0 aliphatic rings. The van der Waals surface area contributed by atoms with Gasteiger partial charge in [-0.1, -0.05) is 53.5 Å². The van der Waals surface area contributed by atoms with Gasteiger partial charge in [0.05, 0.1) is 17.6 Å². The van der Waals surface area contributed by atoms with Gasteiger partial charge in [0.15, 0.2) is 5.75 Å². The molecule has 0 radical (unpaired) electrons. The van der Waals surface area contributed by atoms with Crippen molar-refractivity contribution in [2.45, 2.75) is 6.10 Å². The third-order valence-corrected chi connectivity index (χ3v) is 4.74. The molecule has 32 heavy (non-hydrogen) atoms. The van der Waals surface area contributed by atoms with Crippen LogP contribution in [-0.4, -0.2) is 23.9 Å². The first kappa shape index (κ1) is 23.1. The van der Waals surface area contributed by atoms with Crippen LogP contribution in [0.25, 0.3) is 0 Å². The number of methoxy groups -OCH3 is 1. The van der Waals surface area contributed by atoms with Crippen molar-refractivity contribution in [1.82, 2.24) is 0 Å². The Bertz CT molecular complexity index is 1150. The average molecular weight is 475 g/mol. The smallest absolute Gasteiger partial charge is 0.339 e. The predicted molar refractivity (Wildman–Crippen MR) is 119 cm³/mol. The van der Waals surface area contributed by atoms with E-state index in [1.54, 1.807) is 30.3 Å². The molecule has 3 rings (SSSR count). The SMILES string of the molecule is COc1ccc(C(=O)OC(C(=O)Nc2cc(Cl)cc(Cl)c2)c2ccccc2)cc1[N+](=O)[O-]. The molecule has 0 spiro atoms. The van der Waals surface area contributed by atoms with E-state index in [-0.39, 0.29) is 11.3 Å². The Balaban J connectivity index is 1.90. The Labute approximate surface area is 192 Å². The molecule has 0 heterocycles.